The van der Waals surface area contributed by atoms with Gasteiger partial charge in [-0.2, -0.15) is 0 Å². The van der Waals surface area contributed by atoms with Crippen molar-refractivity contribution in [3.63, 3.8) is 0 Å². The summed E-state index contributed by atoms with van der Waals surface area (Å²) in [5.41, 5.74) is 2.54. The summed E-state index contributed by atoms with van der Waals surface area (Å²) in [5.74, 6) is 0. The van der Waals surface area contributed by atoms with Gasteiger partial charge in [-0.3, -0.25) is 0 Å². The van der Waals surface area contributed by atoms with Crippen LogP contribution in [-0.2, 0) is 6.42 Å². The lowest BCUT2D eigenvalue weighted by atomic mass is 10.1. The molecule has 0 saturated carbocycles. The van der Waals surface area contributed by atoms with E-state index >= 15 is 0 Å². The molecule has 0 saturated heterocycles. The molecule has 0 aliphatic rings. The molecular weight excluding hydrogens is 148 g/mol. The molecule has 0 spiro atoms. The van der Waals surface area contributed by atoms with E-state index in [9.17, 15) is 0 Å². The number of hydrogen-bond acceptors (Lipinski definition) is 1. The van der Waals surface area contributed by atoms with Gasteiger partial charge in [-0.25, -0.2) is 0 Å². The van der Waals surface area contributed by atoms with E-state index < -0.39 is 6.10 Å². The Balaban J connectivity index is 2.48. The fourth-order valence-corrected chi connectivity index (χ4v) is 1.09. The first-order valence-electron chi connectivity index (χ1n) is 4.25. The topological polar surface area (TPSA) is 20.2 Å². The summed E-state index contributed by atoms with van der Waals surface area (Å²) in [7, 11) is 0. The van der Waals surface area contributed by atoms with Crippen LogP contribution in [0.15, 0.2) is 24.3 Å². The Morgan fingerprint density at radius 2 is 1.92 bits per heavy atom. The predicted molar refractivity (Wildman–Crippen MR) is 50.9 cm³/mol. The first kappa shape index (κ1) is 9.27. The second-order valence-electron chi connectivity index (χ2n) is 3.18. The second kappa shape index (κ2) is 4.27. The Labute approximate surface area is 74.1 Å². The van der Waals surface area contributed by atoms with Crippen molar-refractivity contribution in [1.82, 2.24) is 0 Å². The Bertz CT molecular complexity index is 223. The van der Waals surface area contributed by atoms with Crippen LogP contribution in [0.5, 0.6) is 0 Å². The van der Waals surface area contributed by atoms with E-state index in [1.807, 2.05) is 0 Å². The van der Waals surface area contributed by atoms with Crippen LogP contribution in [0.25, 0.3) is 0 Å². The lowest BCUT2D eigenvalue weighted by Gasteiger charge is -2.03. The molecule has 1 aromatic carbocycles. The van der Waals surface area contributed by atoms with E-state index in [-0.39, 0.29) is 0 Å². The van der Waals surface area contributed by atoms with Gasteiger partial charge in [0, 0.05) is 0 Å². The molecule has 0 amide bonds. The van der Waals surface area contributed by atoms with E-state index in [0.717, 1.165) is 12.8 Å². The van der Waals surface area contributed by atoms with Gasteiger partial charge in [0.25, 0.3) is 0 Å². The van der Waals surface area contributed by atoms with Crippen LogP contribution in [0, 0.1) is 13.8 Å². The lowest BCUT2D eigenvalue weighted by Crippen LogP contribution is -2.01. The summed E-state index contributed by atoms with van der Waals surface area (Å²) in [6.45, 7) is 5.60. The van der Waals surface area contributed by atoms with Gasteiger partial charge in [0.05, 0.1) is 6.10 Å². The van der Waals surface area contributed by atoms with Gasteiger partial charge in [0.2, 0.25) is 0 Å². The van der Waals surface area contributed by atoms with Crippen molar-refractivity contribution >= 4 is 0 Å². The number of aliphatic hydroxyl groups excluding tert-OH is 1. The molecule has 0 aliphatic carbocycles. The maximum absolute atomic E-state index is 8.96. The van der Waals surface area contributed by atoms with Gasteiger partial charge >= 0.3 is 0 Å². The van der Waals surface area contributed by atoms with Crippen LogP contribution < -0.4 is 0 Å². The molecule has 1 rings (SSSR count). The maximum atomic E-state index is 8.96. The molecule has 0 aliphatic heterocycles. The standard InChI is InChI=1S/C11H15O/c1-9-3-6-11(7-4-9)8-5-10(2)12/h3-4,6-7,10,12H,2,5,8H2,1H3. The van der Waals surface area contributed by atoms with Gasteiger partial charge in [0.15, 0.2) is 0 Å². The van der Waals surface area contributed by atoms with Gasteiger partial charge in [-0.1, -0.05) is 29.8 Å². The van der Waals surface area contributed by atoms with Crippen LogP contribution in [0.3, 0.4) is 0 Å². The van der Waals surface area contributed by atoms with Gasteiger partial charge in [-0.05, 0) is 32.3 Å². The van der Waals surface area contributed by atoms with Gasteiger partial charge < -0.3 is 5.11 Å². The van der Waals surface area contributed by atoms with Crippen molar-refractivity contribution in [2.45, 2.75) is 25.9 Å². The molecule has 1 atom stereocenters. The highest BCUT2D eigenvalue weighted by molar-refractivity contribution is 5.21. The molecular formula is C11H15O. The summed E-state index contributed by atoms with van der Waals surface area (Å²) in [6, 6.07) is 8.37. The van der Waals surface area contributed by atoms with Gasteiger partial charge in [0.1, 0.15) is 0 Å². The highest BCUT2D eigenvalue weighted by Gasteiger charge is 1.96. The Morgan fingerprint density at radius 1 is 1.33 bits per heavy atom. The minimum Gasteiger partial charge on any atom is -0.393 e. The van der Waals surface area contributed by atoms with Crippen molar-refractivity contribution in [2.75, 3.05) is 0 Å². The van der Waals surface area contributed by atoms with E-state index in [2.05, 4.69) is 38.1 Å². The normalized spacial score (nSPS) is 12.9. The molecule has 1 nitrogen and oxygen atoms in total. The van der Waals surface area contributed by atoms with Crippen molar-refractivity contribution in [3.8, 4) is 0 Å². The molecule has 1 unspecified atom stereocenters. The van der Waals surface area contributed by atoms with Crippen molar-refractivity contribution in [3.05, 3.63) is 42.3 Å². The highest BCUT2D eigenvalue weighted by atomic mass is 16.3. The predicted octanol–water partition coefficient (Wildman–Crippen LogP) is 2.12. The first-order chi connectivity index (χ1) is 5.68. The Morgan fingerprint density at radius 3 is 2.42 bits per heavy atom. The largest absolute Gasteiger partial charge is 0.393 e. The van der Waals surface area contributed by atoms with Crippen molar-refractivity contribution in [1.29, 1.82) is 0 Å². The summed E-state index contributed by atoms with van der Waals surface area (Å²) >= 11 is 0. The molecule has 0 fully saturated rings. The van der Waals surface area contributed by atoms with Crippen LogP contribution in [0.1, 0.15) is 17.5 Å². The molecule has 12 heavy (non-hydrogen) atoms. The monoisotopic (exact) mass is 163 g/mol. The fraction of sp³-hybridized carbons (Fsp3) is 0.364. The number of aryl methyl sites for hydroxylation is 2. The Hall–Kier alpha value is -0.820. The zero-order chi connectivity index (χ0) is 8.97. The quantitative estimate of drug-likeness (QED) is 0.723. The molecule has 0 aromatic heterocycles. The average molecular weight is 163 g/mol. The second-order valence-corrected chi connectivity index (χ2v) is 3.18. The average Bonchev–Trinajstić information content (AvgIpc) is 2.03. The fourth-order valence-electron chi connectivity index (χ4n) is 1.09. The molecule has 65 valence electrons. The highest BCUT2D eigenvalue weighted by Crippen LogP contribution is 2.06. The first-order valence-corrected chi connectivity index (χ1v) is 4.25. The molecule has 1 heteroatoms. The lowest BCUT2D eigenvalue weighted by molar-refractivity contribution is 0.210. The van der Waals surface area contributed by atoms with Crippen LogP contribution in [0.4, 0.5) is 0 Å². The number of hydrogen-bond donors (Lipinski definition) is 1. The zero-order valence-electron chi connectivity index (χ0n) is 7.46. The third-order valence-electron chi connectivity index (χ3n) is 1.89. The van der Waals surface area contributed by atoms with E-state index in [4.69, 9.17) is 5.11 Å². The molecule has 1 N–H and O–H groups in total. The minimum absolute atomic E-state index is 0.439. The third kappa shape index (κ3) is 3.05. The number of benzene rings is 1. The van der Waals surface area contributed by atoms with Crippen molar-refractivity contribution < 1.29 is 5.11 Å². The molecule has 1 aromatic rings. The van der Waals surface area contributed by atoms with Gasteiger partial charge in [-0.15, -0.1) is 0 Å². The summed E-state index contributed by atoms with van der Waals surface area (Å²) in [5, 5.41) is 8.96. The maximum Gasteiger partial charge on any atom is 0.0544 e. The minimum atomic E-state index is -0.439. The Kier molecular flexibility index (Phi) is 3.30. The molecule has 0 heterocycles. The van der Waals surface area contributed by atoms with Crippen LogP contribution in [-0.4, -0.2) is 11.2 Å². The summed E-state index contributed by atoms with van der Waals surface area (Å²) in [6.07, 6.45) is 1.21. The smallest absolute Gasteiger partial charge is 0.0544 e. The zero-order valence-corrected chi connectivity index (χ0v) is 7.46. The van der Waals surface area contributed by atoms with E-state index in [0.29, 0.717) is 0 Å². The SMILES string of the molecule is [CH2]C(O)CCc1ccc(C)cc1. The number of rotatable bonds is 3. The van der Waals surface area contributed by atoms with E-state index in [1.165, 1.54) is 11.1 Å². The molecule has 1 radical (unpaired) electrons. The third-order valence-corrected chi connectivity index (χ3v) is 1.89. The summed E-state index contributed by atoms with van der Waals surface area (Å²) < 4.78 is 0. The van der Waals surface area contributed by atoms with E-state index in [1.54, 1.807) is 0 Å². The van der Waals surface area contributed by atoms with Crippen LogP contribution in [0.2, 0.25) is 0 Å². The van der Waals surface area contributed by atoms with Crippen molar-refractivity contribution in [2.24, 2.45) is 0 Å². The summed E-state index contributed by atoms with van der Waals surface area (Å²) in [4.78, 5) is 0. The molecule has 0 bridgehead atoms. The number of aliphatic hydroxyl groups is 1. The van der Waals surface area contributed by atoms with Crippen LogP contribution >= 0.6 is 0 Å².